The lowest BCUT2D eigenvalue weighted by Gasteiger charge is -2.30. The summed E-state index contributed by atoms with van der Waals surface area (Å²) in [5, 5.41) is 9.81. The van der Waals surface area contributed by atoms with Gasteiger partial charge in [0.2, 0.25) is 12.0 Å². The number of fused-ring (bicyclic) bond motifs is 3. The second-order valence-corrected chi connectivity index (χ2v) is 9.69. The maximum Gasteiger partial charge on any atom is 0.407 e. The predicted octanol–water partition coefficient (Wildman–Crippen LogP) is 2.76. The number of ether oxygens (including phenoxy) is 2. The molecular weight excluding hydrogens is 490 g/mol. The van der Waals surface area contributed by atoms with Crippen LogP contribution in [-0.4, -0.2) is 61.8 Å². The molecule has 38 heavy (non-hydrogen) atoms. The van der Waals surface area contributed by atoms with Crippen LogP contribution >= 0.6 is 0 Å². The topological polar surface area (TPSA) is 147 Å². The Balaban J connectivity index is 1.62. The lowest BCUT2D eigenvalue weighted by atomic mass is 9.98. The quantitative estimate of drug-likeness (QED) is 0.214. The Morgan fingerprint density at radius 1 is 0.974 bits per heavy atom. The second-order valence-electron chi connectivity index (χ2n) is 9.69. The summed E-state index contributed by atoms with van der Waals surface area (Å²) in [6, 6.07) is 14.2. The summed E-state index contributed by atoms with van der Waals surface area (Å²) in [6.45, 7) is 6.77. The zero-order valence-corrected chi connectivity index (χ0v) is 21.9. The van der Waals surface area contributed by atoms with Gasteiger partial charge in [0.05, 0.1) is 18.4 Å². The molecule has 3 rings (SSSR count). The molecule has 0 aliphatic heterocycles. The Morgan fingerprint density at radius 3 is 2.16 bits per heavy atom. The summed E-state index contributed by atoms with van der Waals surface area (Å²) in [6.07, 6.45) is -0.190. The van der Waals surface area contributed by atoms with Crippen molar-refractivity contribution in [3.05, 3.63) is 59.7 Å². The van der Waals surface area contributed by atoms with Gasteiger partial charge in [-0.05, 0) is 49.9 Å². The summed E-state index contributed by atoms with van der Waals surface area (Å²) >= 11 is 0. The Hall–Kier alpha value is -4.21. The molecule has 11 nitrogen and oxygen atoms in total. The van der Waals surface area contributed by atoms with Gasteiger partial charge in [0, 0.05) is 5.92 Å². The monoisotopic (exact) mass is 523 g/mol. The van der Waals surface area contributed by atoms with Gasteiger partial charge in [-0.2, -0.15) is 4.99 Å². The van der Waals surface area contributed by atoms with Crippen molar-refractivity contribution in [2.45, 2.75) is 51.4 Å². The van der Waals surface area contributed by atoms with E-state index >= 15 is 0 Å². The van der Waals surface area contributed by atoms with Gasteiger partial charge >= 0.3 is 12.1 Å². The number of benzene rings is 2. The highest BCUT2D eigenvalue weighted by Crippen LogP contribution is 2.44. The molecule has 0 bridgehead atoms. The van der Waals surface area contributed by atoms with Crippen molar-refractivity contribution in [2.75, 3.05) is 19.9 Å². The number of urea groups is 1. The molecular formula is C27H33N5O6. The highest BCUT2D eigenvalue weighted by Gasteiger charge is 2.33. The molecule has 0 heterocycles. The van der Waals surface area contributed by atoms with Gasteiger partial charge in [0.15, 0.2) is 0 Å². The third-order valence-corrected chi connectivity index (χ3v) is 5.80. The molecule has 4 amide bonds. The average molecular weight is 524 g/mol. The Kier molecular flexibility index (Phi) is 9.59. The van der Waals surface area contributed by atoms with Crippen LogP contribution in [0.25, 0.3) is 11.1 Å². The second kappa shape index (κ2) is 12.8. The summed E-state index contributed by atoms with van der Waals surface area (Å²) in [5.74, 6) is -0.712. The summed E-state index contributed by atoms with van der Waals surface area (Å²) in [5.41, 5.74) is 3.77. The molecule has 1 aliphatic carbocycles. The van der Waals surface area contributed by atoms with Gasteiger partial charge in [-0.15, -0.1) is 0 Å². The first-order valence-electron chi connectivity index (χ1n) is 12.2. The number of amides is 4. The predicted molar refractivity (Wildman–Crippen MR) is 140 cm³/mol. The zero-order valence-electron chi connectivity index (χ0n) is 21.9. The van der Waals surface area contributed by atoms with E-state index in [9.17, 15) is 19.2 Å². The molecule has 1 aliphatic rings. The smallest absolute Gasteiger partial charge is 0.407 e. The van der Waals surface area contributed by atoms with E-state index in [-0.39, 0.29) is 25.9 Å². The molecule has 202 valence electrons. The minimum atomic E-state index is -1.10. The molecule has 0 saturated carbocycles. The van der Waals surface area contributed by atoms with Crippen LogP contribution in [0.15, 0.2) is 53.5 Å². The van der Waals surface area contributed by atoms with Crippen LogP contribution < -0.4 is 21.3 Å². The van der Waals surface area contributed by atoms with E-state index in [1.165, 1.54) is 6.08 Å². The third kappa shape index (κ3) is 7.64. The van der Waals surface area contributed by atoms with Gasteiger partial charge in [-0.1, -0.05) is 48.5 Å². The van der Waals surface area contributed by atoms with Crippen LogP contribution in [0.1, 0.15) is 44.7 Å². The van der Waals surface area contributed by atoms with Crippen LogP contribution in [0, 0.1) is 0 Å². The van der Waals surface area contributed by atoms with Crippen LogP contribution in [0.5, 0.6) is 0 Å². The molecule has 0 spiro atoms. The number of nitrogens with one attached hydrogen (secondary N) is 4. The number of hydrogen-bond donors (Lipinski definition) is 4. The average Bonchev–Trinajstić information content (AvgIpc) is 3.18. The Labute approximate surface area is 221 Å². The molecule has 0 aromatic heterocycles. The number of hydrogen-bond acceptors (Lipinski definition) is 7. The largest absolute Gasteiger partial charge is 0.449 e. The summed E-state index contributed by atoms with van der Waals surface area (Å²) in [4.78, 5) is 50.7. The van der Waals surface area contributed by atoms with Crippen LogP contribution in [0.3, 0.4) is 0 Å². The lowest BCUT2D eigenvalue weighted by molar-refractivity contribution is -0.131. The minimum Gasteiger partial charge on any atom is -0.449 e. The molecule has 0 saturated heterocycles. The number of isocyanates is 1. The van der Waals surface area contributed by atoms with Gasteiger partial charge in [0.25, 0.3) is 0 Å². The minimum absolute atomic E-state index is 0.0910. The summed E-state index contributed by atoms with van der Waals surface area (Å²) in [7, 11) is 0. The number of alkyl carbamates (subject to hydrolysis) is 1. The van der Waals surface area contributed by atoms with Gasteiger partial charge in [-0.3, -0.25) is 4.79 Å². The third-order valence-electron chi connectivity index (χ3n) is 5.80. The molecule has 2 atom stereocenters. The number of nitrogens with zero attached hydrogens (tertiary/aromatic N) is 1. The fraction of sp³-hybridized carbons (Fsp3) is 0.407. The van der Waals surface area contributed by atoms with E-state index in [0.717, 1.165) is 22.3 Å². The van der Waals surface area contributed by atoms with Crippen LogP contribution in [0.2, 0.25) is 0 Å². The molecule has 4 N–H and O–H groups in total. The van der Waals surface area contributed by atoms with Crippen molar-refractivity contribution in [3.63, 3.8) is 0 Å². The van der Waals surface area contributed by atoms with Crippen LogP contribution in [0.4, 0.5) is 9.59 Å². The van der Waals surface area contributed by atoms with Crippen molar-refractivity contribution in [2.24, 2.45) is 4.99 Å². The first kappa shape index (κ1) is 28.4. The normalized spacial score (nSPS) is 13.7. The van der Waals surface area contributed by atoms with Crippen molar-refractivity contribution in [1.82, 2.24) is 21.3 Å². The molecule has 0 radical (unpaired) electrons. The lowest BCUT2D eigenvalue weighted by Crippen LogP contribution is -2.56. The van der Waals surface area contributed by atoms with Crippen LogP contribution in [-0.2, 0) is 19.1 Å². The Morgan fingerprint density at radius 2 is 1.58 bits per heavy atom. The maximum atomic E-state index is 12.9. The highest BCUT2D eigenvalue weighted by molar-refractivity contribution is 5.86. The number of carbonyl (C=O) groups excluding carboxylic acids is 4. The van der Waals surface area contributed by atoms with Gasteiger partial charge < -0.3 is 30.7 Å². The SMILES string of the molecule is C[C@@H](OC(C)(C)C)[C@H](NC(=O)OCC1c2ccccc2-c2ccccc21)C(=O)NCNC(=O)NCN=C=O. The van der Waals surface area contributed by atoms with Crippen molar-refractivity contribution >= 4 is 24.1 Å². The maximum absolute atomic E-state index is 12.9. The van der Waals surface area contributed by atoms with E-state index in [1.807, 2.05) is 69.3 Å². The van der Waals surface area contributed by atoms with Gasteiger partial charge in [0.1, 0.15) is 19.3 Å². The molecule has 0 fully saturated rings. The molecule has 2 aromatic rings. The van der Waals surface area contributed by atoms with Crippen molar-refractivity contribution in [3.8, 4) is 11.1 Å². The van der Waals surface area contributed by atoms with E-state index in [1.54, 1.807) is 6.92 Å². The standard InChI is InChI=1S/C27H33N5O6/c1-17(38-27(2,3)4)23(24(34)29-15-31-25(35)30-14-28-16-33)32-26(36)37-13-22-20-11-7-5-9-18(20)19-10-6-8-12-21(19)22/h5-12,17,22-23H,13-15H2,1-4H3,(H,29,34)(H,32,36)(H2,30,31,35)/t17-,23+/m1/s1. The van der Waals surface area contributed by atoms with E-state index < -0.39 is 35.8 Å². The molecule has 11 heteroatoms. The van der Waals surface area contributed by atoms with Crippen molar-refractivity contribution in [1.29, 1.82) is 0 Å². The zero-order chi connectivity index (χ0) is 27.7. The highest BCUT2D eigenvalue weighted by atomic mass is 16.6. The van der Waals surface area contributed by atoms with Gasteiger partial charge in [-0.25, -0.2) is 14.4 Å². The number of carbonyl (C=O) groups is 3. The number of aliphatic imine (C=N–C) groups is 1. The molecule has 0 unspecified atom stereocenters. The first-order chi connectivity index (χ1) is 18.1. The van der Waals surface area contributed by atoms with E-state index in [0.29, 0.717) is 0 Å². The van der Waals surface area contributed by atoms with Crippen molar-refractivity contribution < 1.29 is 28.7 Å². The first-order valence-corrected chi connectivity index (χ1v) is 12.2. The Bertz CT molecular complexity index is 1160. The number of rotatable bonds is 10. The van der Waals surface area contributed by atoms with E-state index in [2.05, 4.69) is 26.3 Å². The van der Waals surface area contributed by atoms with E-state index in [4.69, 9.17) is 9.47 Å². The molecule has 2 aromatic carbocycles. The summed E-state index contributed by atoms with van der Waals surface area (Å²) < 4.78 is 11.5. The fourth-order valence-corrected chi connectivity index (χ4v) is 4.32. The fourth-order valence-electron chi connectivity index (χ4n) is 4.32.